The molecule has 0 heterocycles. The maximum Gasteiger partial charge on any atom is 0.694 e. The molecule has 1 unspecified atom stereocenters. The molecule has 29 heavy (non-hydrogen) atoms. The molecule has 0 bridgehead atoms. The Morgan fingerprint density at radius 3 is 2.59 bits per heavy atom. The van der Waals surface area contributed by atoms with Crippen molar-refractivity contribution in [3.05, 3.63) is 65.2 Å². The van der Waals surface area contributed by atoms with Crippen molar-refractivity contribution in [2.45, 2.75) is 43.5 Å². The number of unbranched alkanes of at least 4 members (excludes halogenated alkanes) is 2. The van der Waals surface area contributed by atoms with Gasteiger partial charge < -0.3 is 5.32 Å². The van der Waals surface area contributed by atoms with Crippen molar-refractivity contribution >= 4 is 20.0 Å². The molecule has 2 aromatic carbocycles. The second-order valence-corrected chi connectivity index (χ2v) is 8.49. The molecule has 0 radical (unpaired) electrons. The molecule has 1 atom stereocenters. The molecule has 2 rings (SSSR count). The topological polar surface area (TPSA) is 58.6 Å². The van der Waals surface area contributed by atoms with E-state index in [1.54, 1.807) is 0 Å². The normalized spacial score (nSPS) is 11.6. The van der Waals surface area contributed by atoms with Crippen LogP contribution in [0.15, 0.2) is 47.4 Å². The van der Waals surface area contributed by atoms with Gasteiger partial charge in [0.2, 0.25) is 0 Å². The van der Waals surface area contributed by atoms with Crippen LogP contribution in [0.25, 0.3) is 0 Å². The highest BCUT2D eigenvalue weighted by Gasteiger charge is 2.12. The first-order valence-electron chi connectivity index (χ1n) is 9.70. The third-order valence-corrected chi connectivity index (χ3v) is 5.85. The Morgan fingerprint density at radius 1 is 1.03 bits per heavy atom. The summed E-state index contributed by atoms with van der Waals surface area (Å²) in [6.45, 7) is 0.804. The summed E-state index contributed by atoms with van der Waals surface area (Å²) in [5.74, 6) is -0.0752. The van der Waals surface area contributed by atoms with Crippen molar-refractivity contribution in [2.75, 3.05) is 18.9 Å². The maximum absolute atomic E-state index is 14.2. The lowest BCUT2D eigenvalue weighted by Gasteiger charge is -2.09. The zero-order valence-corrected chi connectivity index (χ0v) is 18.0. The third kappa shape index (κ3) is 9.79. The van der Waals surface area contributed by atoms with Gasteiger partial charge in [0.05, 0.1) is 0 Å². The molecule has 0 spiro atoms. The van der Waals surface area contributed by atoms with E-state index in [1.807, 2.05) is 18.2 Å². The van der Waals surface area contributed by atoms with E-state index >= 15 is 0 Å². The van der Waals surface area contributed by atoms with E-state index < -0.39 is 19.9 Å². The van der Waals surface area contributed by atoms with Gasteiger partial charge in [0.25, 0.3) is 0 Å². The van der Waals surface area contributed by atoms with Crippen LogP contribution in [0.4, 0.5) is 8.78 Å². The molecule has 0 fully saturated rings. The smallest absolute Gasteiger partial charge is 0.312 e. The summed E-state index contributed by atoms with van der Waals surface area (Å²) >= 11 is 1.35. The van der Waals surface area contributed by atoms with Gasteiger partial charge in [0, 0.05) is 21.6 Å². The molecular formula is C21H27F2NO3PS+. The van der Waals surface area contributed by atoms with Gasteiger partial charge >= 0.3 is 8.25 Å². The van der Waals surface area contributed by atoms with E-state index in [0.29, 0.717) is 17.9 Å². The predicted octanol–water partition coefficient (Wildman–Crippen LogP) is 5.62. The molecule has 2 N–H and O–H groups in total. The van der Waals surface area contributed by atoms with Crippen LogP contribution in [0.2, 0.25) is 0 Å². The molecule has 2 aromatic rings. The predicted molar refractivity (Wildman–Crippen MR) is 113 cm³/mol. The third-order valence-electron chi connectivity index (χ3n) is 4.33. The minimum Gasteiger partial charge on any atom is -0.312 e. The van der Waals surface area contributed by atoms with E-state index in [2.05, 4.69) is 22.0 Å². The number of aryl methyl sites for hydroxylation is 1. The quantitative estimate of drug-likeness (QED) is 0.226. The maximum atomic E-state index is 14.2. The molecule has 0 aliphatic heterocycles. The SMILES string of the molecule is O=[P+](O)OCCCNCc1cc(F)c(SCCCCCc2ccccc2)cc1F. The first kappa shape index (κ1) is 23.9. The lowest BCUT2D eigenvalue weighted by molar-refractivity contribution is 0.276. The highest BCUT2D eigenvalue weighted by Crippen LogP contribution is 2.26. The number of hydrogen-bond donors (Lipinski definition) is 2. The molecule has 8 heteroatoms. The molecule has 0 aliphatic rings. The highest BCUT2D eigenvalue weighted by molar-refractivity contribution is 7.99. The van der Waals surface area contributed by atoms with Gasteiger partial charge in [0.15, 0.2) is 0 Å². The summed E-state index contributed by atoms with van der Waals surface area (Å²) in [7, 11) is -2.59. The fourth-order valence-corrected chi connectivity index (χ4v) is 4.05. The molecule has 0 saturated heterocycles. The molecular weight excluding hydrogens is 415 g/mol. The Bertz CT molecular complexity index is 765. The van der Waals surface area contributed by atoms with Gasteiger partial charge in [-0.25, -0.2) is 8.78 Å². The van der Waals surface area contributed by atoms with Gasteiger partial charge in [0.1, 0.15) is 18.2 Å². The monoisotopic (exact) mass is 442 g/mol. The van der Waals surface area contributed by atoms with E-state index in [1.165, 1.54) is 29.5 Å². The molecule has 0 aromatic heterocycles. The first-order chi connectivity index (χ1) is 14.1. The van der Waals surface area contributed by atoms with Crippen molar-refractivity contribution in [2.24, 2.45) is 0 Å². The second kappa shape index (κ2) is 13.8. The van der Waals surface area contributed by atoms with Crippen LogP contribution in [0.5, 0.6) is 0 Å². The molecule has 0 amide bonds. The van der Waals surface area contributed by atoms with E-state index in [9.17, 15) is 13.3 Å². The van der Waals surface area contributed by atoms with E-state index in [4.69, 9.17) is 4.89 Å². The molecule has 0 saturated carbocycles. The Balaban J connectivity index is 1.65. The molecule has 4 nitrogen and oxygen atoms in total. The minimum atomic E-state index is -2.59. The number of nitrogens with one attached hydrogen (secondary N) is 1. The van der Waals surface area contributed by atoms with E-state index in [0.717, 1.165) is 31.4 Å². The van der Waals surface area contributed by atoms with Crippen molar-refractivity contribution in [3.8, 4) is 0 Å². The van der Waals surface area contributed by atoms with E-state index in [-0.39, 0.29) is 18.7 Å². The summed E-state index contributed by atoms with van der Waals surface area (Å²) in [5, 5.41) is 2.97. The standard InChI is InChI=1S/C21H26F2NO3PS/c22-19-15-21(29-13-6-2-5-10-17-8-3-1-4-9-17)20(23)14-18(19)16-24-11-7-12-27-28(25)26/h1,3-4,8-9,14-15,24H,2,5-7,10-13,16H2/p+1. The first-order valence-corrected chi connectivity index (χ1v) is 11.8. The Morgan fingerprint density at radius 2 is 1.83 bits per heavy atom. The number of benzene rings is 2. The fraction of sp³-hybridized carbons (Fsp3) is 0.429. The van der Waals surface area contributed by atoms with Crippen molar-refractivity contribution in [1.29, 1.82) is 0 Å². The van der Waals surface area contributed by atoms with Crippen LogP contribution in [-0.4, -0.2) is 23.8 Å². The van der Waals surface area contributed by atoms with Crippen molar-refractivity contribution in [3.63, 3.8) is 0 Å². The van der Waals surface area contributed by atoms with Crippen LogP contribution in [0.1, 0.15) is 36.8 Å². The second-order valence-electron chi connectivity index (χ2n) is 6.62. The molecule has 158 valence electrons. The van der Waals surface area contributed by atoms with Crippen LogP contribution in [0.3, 0.4) is 0 Å². The minimum absolute atomic E-state index is 0.135. The van der Waals surface area contributed by atoms with Crippen molar-refractivity contribution in [1.82, 2.24) is 5.32 Å². The number of thioether (sulfide) groups is 1. The highest BCUT2D eigenvalue weighted by atomic mass is 32.2. The van der Waals surface area contributed by atoms with Gasteiger partial charge in [-0.05, 0) is 55.7 Å². The number of halogens is 2. The summed E-state index contributed by atoms with van der Waals surface area (Å²) in [6, 6.07) is 12.8. The Hall–Kier alpha value is -1.37. The van der Waals surface area contributed by atoms with Gasteiger partial charge in [-0.15, -0.1) is 21.2 Å². The Labute approximate surface area is 176 Å². The summed E-state index contributed by atoms with van der Waals surface area (Å²) in [6.07, 6.45) is 4.65. The van der Waals surface area contributed by atoms with Crippen LogP contribution < -0.4 is 5.32 Å². The van der Waals surface area contributed by atoms with Crippen LogP contribution in [-0.2, 0) is 22.1 Å². The lowest BCUT2D eigenvalue weighted by Crippen LogP contribution is -2.17. The molecule has 0 aliphatic carbocycles. The largest absolute Gasteiger partial charge is 0.694 e. The van der Waals surface area contributed by atoms with Crippen molar-refractivity contribution < 1.29 is 22.8 Å². The Kier molecular flexibility index (Phi) is 11.4. The zero-order valence-electron chi connectivity index (χ0n) is 16.3. The van der Waals surface area contributed by atoms with Gasteiger partial charge in [-0.2, -0.15) is 0 Å². The zero-order chi connectivity index (χ0) is 20.9. The summed E-state index contributed by atoms with van der Waals surface area (Å²) < 4.78 is 43.4. The van der Waals surface area contributed by atoms with Gasteiger partial charge in [-0.3, -0.25) is 0 Å². The number of rotatable bonds is 14. The number of hydrogen-bond acceptors (Lipinski definition) is 4. The summed E-state index contributed by atoms with van der Waals surface area (Å²) in [4.78, 5) is 8.85. The fourth-order valence-electron chi connectivity index (χ4n) is 2.81. The van der Waals surface area contributed by atoms with Crippen LogP contribution >= 0.6 is 20.0 Å². The van der Waals surface area contributed by atoms with Crippen LogP contribution in [0, 0.1) is 11.6 Å². The summed E-state index contributed by atoms with van der Waals surface area (Å²) in [5.41, 5.74) is 1.60. The average Bonchev–Trinajstić information content (AvgIpc) is 2.70. The van der Waals surface area contributed by atoms with Gasteiger partial charge in [-0.1, -0.05) is 36.8 Å². The lowest BCUT2D eigenvalue weighted by atomic mass is 10.1. The average molecular weight is 442 g/mol.